The van der Waals surface area contributed by atoms with Gasteiger partial charge in [0.25, 0.3) is 0 Å². The van der Waals surface area contributed by atoms with Gasteiger partial charge in [0.1, 0.15) is 29.1 Å². The van der Waals surface area contributed by atoms with Crippen molar-refractivity contribution in [2.24, 2.45) is 0 Å². The van der Waals surface area contributed by atoms with Crippen LogP contribution < -0.4 is 18.0 Å². The van der Waals surface area contributed by atoms with Crippen molar-refractivity contribution in [2.45, 2.75) is 0 Å². The predicted molar refractivity (Wildman–Crippen MR) is 90.1 cm³/mol. The van der Waals surface area contributed by atoms with Crippen LogP contribution in [0.3, 0.4) is 0 Å². The molecule has 12 heteroatoms. The molecule has 0 amide bonds. The minimum atomic E-state index is -4.76. The summed E-state index contributed by atoms with van der Waals surface area (Å²) in [6.07, 6.45) is 0. The fraction of sp³-hybridized carbons (Fsp3) is 0.0526. The lowest BCUT2D eigenvalue weighted by Crippen LogP contribution is -2.58. The molecule has 0 aliphatic rings. The van der Waals surface area contributed by atoms with Gasteiger partial charge in [0.2, 0.25) is 0 Å². The molecular weight excluding hydrogens is 461 g/mol. The molecule has 1 nitrogen and oxygen atoms in total. The van der Waals surface area contributed by atoms with Crippen molar-refractivity contribution in [3.63, 3.8) is 0 Å². The third-order valence-electron chi connectivity index (χ3n) is 4.45. The first-order valence-corrected chi connectivity index (χ1v) is 9.91. The summed E-state index contributed by atoms with van der Waals surface area (Å²) in [5.41, 5.74) is 0. The van der Waals surface area contributed by atoms with E-state index in [9.17, 15) is 43.9 Å². The Hall–Kier alpha value is -2.71. The molecule has 0 saturated carbocycles. The van der Waals surface area contributed by atoms with Crippen LogP contribution in [0.1, 0.15) is 0 Å². The lowest BCUT2D eigenvalue weighted by Gasteiger charge is -2.19. The first-order chi connectivity index (χ1) is 14.5. The van der Waals surface area contributed by atoms with Crippen molar-refractivity contribution in [1.29, 1.82) is 0 Å². The number of methoxy groups -OCH3 is 1. The SMILES string of the molecule is COc1c[c]([Al]([c]2c(F)c(F)cc(F)c2F)[c]2c(F)c(F)cc(F)c2F)c(F)cc1F. The van der Waals surface area contributed by atoms with Gasteiger partial charge in [-0.15, -0.1) is 0 Å². The summed E-state index contributed by atoms with van der Waals surface area (Å²) in [5.74, 6) is -20.5. The maximum atomic E-state index is 14.6. The molecular formula is C19H7AlF10O. The van der Waals surface area contributed by atoms with Gasteiger partial charge in [-0.3, -0.25) is 0 Å². The Labute approximate surface area is 171 Å². The van der Waals surface area contributed by atoms with E-state index < -0.39 is 91.3 Å². The highest BCUT2D eigenvalue weighted by atomic mass is 27.2. The highest BCUT2D eigenvalue weighted by Crippen LogP contribution is 2.20. The minimum Gasteiger partial charge on any atom is -0.494 e. The standard InChI is InChI=1S/C7H5F2O.2C6HF4.Al/c1-10-7-3-2-5(8)4-6(7)9;2*7-3-1-4(8)6(10)2-5(3)9;/h3-4H,1H3;2*1H;. The molecule has 0 aromatic heterocycles. The van der Waals surface area contributed by atoms with Gasteiger partial charge >= 0.3 is 14.1 Å². The van der Waals surface area contributed by atoms with E-state index in [1.807, 2.05) is 0 Å². The molecule has 0 aliphatic heterocycles. The van der Waals surface area contributed by atoms with Crippen LogP contribution in [-0.4, -0.2) is 21.3 Å². The van der Waals surface area contributed by atoms with E-state index in [2.05, 4.69) is 4.74 Å². The van der Waals surface area contributed by atoms with E-state index in [1.54, 1.807) is 0 Å². The van der Waals surface area contributed by atoms with E-state index in [-0.39, 0.29) is 18.2 Å². The summed E-state index contributed by atoms with van der Waals surface area (Å²) >= 11 is -4.76. The van der Waals surface area contributed by atoms with Gasteiger partial charge in [0, 0.05) is 18.2 Å². The predicted octanol–water partition coefficient (Wildman–Crippen LogP) is 3.60. The van der Waals surface area contributed by atoms with Crippen LogP contribution in [0.15, 0.2) is 24.3 Å². The summed E-state index contributed by atoms with van der Waals surface area (Å²) in [4.78, 5) is 0. The smallest absolute Gasteiger partial charge is 0.408 e. The number of rotatable bonds is 4. The molecule has 0 fully saturated rings. The zero-order valence-corrected chi connectivity index (χ0v) is 16.2. The van der Waals surface area contributed by atoms with Crippen LogP contribution in [0, 0.1) is 58.2 Å². The second kappa shape index (κ2) is 8.44. The third kappa shape index (κ3) is 3.86. The summed E-state index contributed by atoms with van der Waals surface area (Å²) < 4.78 is 142. The lowest BCUT2D eigenvalue weighted by molar-refractivity contribution is 0.385. The Morgan fingerprint density at radius 1 is 0.516 bits per heavy atom. The van der Waals surface area contributed by atoms with Gasteiger partial charge in [-0.1, -0.05) is 4.43 Å². The van der Waals surface area contributed by atoms with Crippen LogP contribution in [0.2, 0.25) is 0 Å². The number of ether oxygens (including phenoxy) is 1. The van der Waals surface area contributed by atoms with Crippen LogP contribution >= 0.6 is 0 Å². The Morgan fingerprint density at radius 2 is 0.871 bits per heavy atom. The molecule has 0 atom stereocenters. The Kier molecular flexibility index (Phi) is 6.25. The van der Waals surface area contributed by atoms with E-state index in [4.69, 9.17) is 0 Å². The molecule has 3 rings (SSSR count). The average molecular weight is 468 g/mol. The molecule has 162 valence electrons. The van der Waals surface area contributed by atoms with Crippen LogP contribution in [0.4, 0.5) is 43.9 Å². The number of halogens is 10. The molecule has 3 aromatic carbocycles. The van der Waals surface area contributed by atoms with Crippen molar-refractivity contribution < 1.29 is 48.6 Å². The topological polar surface area (TPSA) is 9.23 Å². The minimum absolute atomic E-state index is 0.116. The van der Waals surface area contributed by atoms with Gasteiger partial charge in [0.05, 0.1) is 7.11 Å². The molecule has 0 N–H and O–H groups in total. The van der Waals surface area contributed by atoms with E-state index in [0.29, 0.717) is 6.07 Å². The van der Waals surface area contributed by atoms with Crippen molar-refractivity contribution in [1.82, 2.24) is 0 Å². The summed E-state index contributed by atoms with van der Waals surface area (Å²) in [5, 5.41) is 0. The van der Waals surface area contributed by atoms with E-state index in [0.717, 1.165) is 7.11 Å². The molecule has 3 aromatic rings. The zero-order valence-electron chi connectivity index (χ0n) is 15.1. The summed E-state index contributed by atoms with van der Waals surface area (Å²) in [6.45, 7) is 0. The van der Waals surface area contributed by atoms with Gasteiger partial charge in [-0.05, 0) is 14.9 Å². The molecule has 31 heavy (non-hydrogen) atoms. The maximum absolute atomic E-state index is 14.6. The molecule has 0 bridgehead atoms. The number of benzene rings is 3. The largest absolute Gasteiger partial charge is 0.494 e. The molecule has 0 unspecified atom stereocenters. The van der Waals surface area contributed by atoms with Gasteiger partial charge < -0.3 is 4.74 Å². The van der Waals surface area contributed by atoms with Gasteiger partial charge in [0.15, 0.2) is 34.8 Å². The second-order valence-corrected chi connectivity index (χ2v) is 8.85. The van der Waals surface area contributed by atoms with Crippen molar-refractivity contribution in [3.8, 4) is 5.75 Å². The van der Waals surface area contributed by atoms with Gasteiger partial charge in [-0.2, -0.15) is 0 Å². The van der Waals surface area contributed by atoms with Crippen LogP contribution in [-0.2, 0) is 0 Å². The fourth-order valence-corrected chi connectivity index (χ4v) is 6.22. The first-order valence-electron chi connectivity index (χ1n) is 8.18. The van der Waals surface area contributed by atoms with E-state index >= 15 is 0 Å². The van der Waals surface area contributed by atoms with Crippen LogP contribution in [0.5, 0.6) is 5.75 Å². The highest BCUT2D eigenvalue weighted by Gasteiger charge is 2.42. The molecule has 0 heterocycles. The Bertz CT molecular complexity index is 1080. The normalized spacial score (nSPS) is 11.1. The molecule has 0 spiro atoms. The molecule has 0 saturated heterocycles. The highest BCUT2D eigenvalue weighted by molar-refractivity contribution is 6.95. The fourth-order valence-electron chi connectivity index (χ4n) is 3.07. The number of hydrogen-bond donors (Lipinski definition) is 0. The average Bonchev–Trinajstić information content (AvgIpc) is 2.70. The lowest BCUT2D eigenvalue weighted by atomic mass is 10.3. The van der Waals surface area contributed by atoms with Gasteiger partial charge in [-0.25, -0.2) is 43.9 Å². The monoisotopic (exact) mass is 468 g/mol. The van der Waals surface area contributed by atoms with E-state index in [1.165, 1.54) is 0 Å². The van der Waals surface area contributed by atoms with Crippen molar-refractivity contribution in [2.75, 3.05) is 7.11 Å². The zero-order chi connectivity index (χ0) is 23.2. The Balaban J connectivity index is 2.54. The molecule has 0 radical (unpaired) electrons. The maximum Gasteiger partial charge on any atom is 0.408 e. The second-order valence-electron chi connectivity index (χ2n) is 6.20. The quantitative estimate of drug-likeness (QED) is 0.323. The van der Waals surface area contributed by atoms with Crippen molar-refractivity contribution in [3.05, 3.63) is 82.4 Å². The van der Waals surface area contributed by atoms with Crippen molar-refractivity contribution >= 4 is 27.4 Å². The summed E-state index contributed by atoms with van der Waals surface area (Å²) in [6, 6.07) is 0.107. The third-order valence-corrected chi connectivity index (χ3v) is 7.68. The first kappa shape index (κ1) is 23.0. The Morgan fingerprint density at radius 3 is 1.23 bits per heavy atom. The molecule has 0 aliphatic carbocycles. The number of hydrogen-bond acceptors (Lipinski definition) is 1. The summed E-state index contributed by atoms with van der Waals surface area (Å²) in [7, 11) is 0.892. The van der Waals surface area contributed by atoms with Crippen LogP contribution in [0.25, 0.3) is 0 Å².